The Labute approximate surface area is 148 Å². The average Bonchev–Trinajstić information content (AvgIpc) is 3.22. The average molecular weight is 339 g/mol. The number of carbonyl (C=O) groups excluding carboxylic acids is 1. The Morgan fingerprint density at radius 3 is 2.76 bits per heavy atom. The zero-order valence-corrected chi connectivity index (χ0v) is 15.1. The predicted octanol–water partition coefficient (Wildman–Crippen LogP) is 2.36. The van der Waals surface area contributed by atoms with Crippen LogP contribution >= 0.6 is 0 Å². The second-order valence-corrected chi connectivity index (χ2v) is 6.48. The summed E-state index contributed by atoms with van der Waals surface area (Å²) in [7, 11) is 1.90. The maximum absolute atomic E-state index is 12.1. The number of aromatic nitrogens is 3. The minimum Gasteiger partial charge on any atom is -0.357 e. The van der Waals surface area contributed by atoms with Gasteiger partial charge in [0.05, 0.1) is 5.69 Å². The van der Waals surface area contributed by atoms with Crippen molar-refractivity contribution in [2.45, 2.75) is 33.2 Å². The molecule has 0 spiro atoms. The van der Waals surface area contributed by atoms with Gasteiger partial charge in [0.25, 0.3) is 0 Å². The van der Waals surface area contributed by atoms with Crippen LogP contribution < -0.4 is 10.2 Å². The van der Waals surface area contributed by atoms with Gasteiger partial charge in [0.1, 0.15) is 5.82 Å². The van der Waals surface area contributed by atoms with E-state index < -0.39 is 0 Å². The molecule has 1 aliphatic rings. The molecule has 3 rings (SSSR count). The predicted molar refractivity (Wildman–Crippen MR) is 99.2 cm³/mol. The first-order chi connectivity index (χ1) is 12.0. The molecule has 6 nitrogen and oxygen atoms in total. The van der Waals surface area contributed by atoms with Gasteiger partial charge < -0.3 is 10.2 Å². The van der Waals surface area contributed by atoms with Crippen molar-refractivity contribution in [2.75, 3.05) is 18.0 Å². The molecule has 0 atom stereocenters. The quantitative estimate of drug-likeness (QED) is 0.850. The van der Waals surface area contributed by atoms with E-state index in [0.29, 0.717) is 6.54 Å². The standard InChI is InChI=1S/C19H25N5O/c1-14-17(15(2)23(3)22-14)6-7-19(25)21-13-16-8-9-20-18(12-16)24-10-4-5-11-24/h6-9,12H,4-5,10-11,13H2,1-3H3,(H,21,25)/b7-6+. The van der Waals surface area contributed by atoms with Crippen LogP contribution in [-0.4, -0.2) is 33.8 Å². The van der Waals surface area contributed by atoms with E-state index in [1.54, 1.807) is 6.08 Å². The van der Waals surface area contributed by atoms with Crippen molar-refractivity contribution >= 4 is 17.8 Å². The Morgan fingerprint density at radius 2 is 2.08 bits per heavy atom. The van der Waals surface area contributed by atoms with Crippen molar-refractivity contribution in [3.05, 3.63) is 46.9 Å². The smallest absolute Gasteiger partial charge is 0.244 e. The van der Waals surface area contributed by atoms with Gasteiger partial charge in [0, 0.05) is 50.2 Å². The van der Waals surface area contributed by atoms with Crippen molar-refractivity contribution in [3.63, 3.8) is 0 Å². The summed E-state index contributed by atoms with van der Waals surface area (Å²) in [4.78, 5) is 18.8. The van der Waals surface area contributed by atoms with E-state index in [1.807, 2.05) is 43.9 Å². The molecule has 2 aromatic heterocycles. The molecule has 1 amide bonds. The topological polar surface area (TPSA) is 63.1 Å². The Balaban J connectivity index is 1.59. The Kier molecular flexibility index (Phi) is 5.16. The third-order valence-electron chi connectivity index (χ3n) is 4.67. The van der Waals surface area contributed by atoms with Gasteiger partial charge in [-0.25, -0.2) is 4.98 Å². The fourth-order valence-electron chi connectivity index (χ4n) is 3.13. The summed E-state index contributed by atoms with van der Waals surface area (Å²) in [5, 5.41) is 7.29. The molecular weight excluding hydrogens is 314 g/mol. The number of hydrogen-bond donors (Lipinski definition) is 1. The molecule has 0 saturated carbocycles. The van der Waals surface area contributed by atoms with E-state index in [9.17, 15) is 4.79 Å². The molecule has 0 unspecified atom stereocenters. The Morgan fingerprint density at radius 1 is 1.32 bits per heavy atom. The first-order valence-electron chi connectivity index (χ1n) is 8.70. The molecule has 6 heteroatoms. The van der Waals surface area contributed by atoms with E-state index in [2.05, 4.69) is 26.4 Å². The van der Waals surface area contributed by atoms with E-state index in [0.717, 1.165) is 41.4 Å². The molecule has 1 aliphatic heterocycles. The third-order valence-corrected chi connectivity index (χ3v) is 4.67. The van der Waals surface area contributed by atoms with Crippen LogP contribution in [0.2, 0.25) is 0 Å². The van der Waals surface area contributed by atoms with Crippen LogP contribution in [0.15, 0.2) is 24.4 Å². The van der Waals surface area contributed by atoms with Crippen LogP contribution in [0, 0.1) is 13.8 Å². The highest BCUT2D eigenvalue weighted by Crippen LogP contribution is 2.18. The molecule has 0 radical (unpaired) electrons. The van der Waals surface area contributed by atoms with Crippen LogP contribution in [0.3, 0.4) is 0 Å². The molecule has 0 aromatic carbocycles. The minimum absolute atomic E-state index is 0.109. The van der Waals surface area contributed by atoms with Gasteiger partial charge >= 0.3 is 0 Å². The number of amides is 1. The van der Waals surface area contributed by atoms with E-state index >= 15 is 0 Å². The lowest BCUT2D eigenvalue weighted by atomic mass is 10.2. The van der Waals surface area contributed by atoms with Crippen molar-refractivity contribution < 1.29 is 4.79 Å². The van der Waals surface area contributed by atoms with Crippen LogP contribution in [0.1, 0.15) is 35.4 Å². The highest BCUT2D eigenvalue weighted by Gasteiger charge is 2.13. The molecule has 1 N–H and O–H groups in total. The van der Waals surface area contributed by atoms with Gasteiger partial charge in [-0.05, 0) is 50.5 Å². The number of nitrogens with zero attached hydrogens (tertiary/aromatic N) is 4. The number of anilines is 1. The lowest BCUT2D eigenvalue weighted by Crippen LogP contribution is -2.22. The second-order valence-electron chi connectivity index (χ2n) is 6.48. The van der Waals surface area contributed by atoms with Crippen LogP contribution in [0.4, 0.5) is 5.82 Å². The SMILES string of the molecule is Cc1nn(C)c(C)c1/C=C/C(=O)NCc1ccnc(N2CCCC2)c1. The molecule has 25 heavy (non-hydrogen) atoms. The fraction of sp³-hybridized carbons (Fsp3) is 0.421. The maximum atomic E-state index is 12.1. The normalized spacial score (nSPS) is 14.4. The first kappa shape index (κ1) is 17.2. The lowest BCUT2D eigenvalue weighted by Gasteiger charge is -2.16. The molecule has 1 saturated heterocycles. The van der Waals surface area contributed by atoms with Crippen LogP contribution in [-0.2, 0) is 18.4 Å². The molecular formula is C19H25N5O. The van der Waals surface area contributed by atoms with E-state index in [4.69, 9.17) is 0 Å². The zero-order valence-electron chi connectivity index (χ0n) is 15.1. The first-order valence-corrected chi connectivity index (χ1v) is 8.70. The lowest BCUT2D eigenvalue weighted by molar-refractivity contribution is -0.116. The van der Waals surface area contributed by atoms with Crippen LogP contribution in [0.5, 0.6) is 0 Å². The zero-order chi connectivity index (χ0) is 17.8. The van der Waals surface area contributed by atoms with Gasteiger partial charge in [-0.15, -0.1) is 0 Å². The summed E-state index contributed by atoms with van der Waals surface area (Å²) in [6.07, 6.45) is 7.66. The second kappa shape index (κ2) is 7.51. The highest BCUT2D eigenvalue weighted by atomic mass is 16.1. The fourth-order valence-corrected chi connectivity index (χ4v) is 3.13. The summed E-state index contributed by atoms with van der Waals surface area (Å²) in [6, 6.07) is 4.00. The number of carbonyl (C=O) groups is 1. The van der Waals surface area contributed by atoms with Crippen molar-refractivity contribution in [2.24, 2.45) is 7.05 Å². The largest absolute Gasteiger partial charge is 0.357 e. The van der Waals surface area contributed by atoms with Crippen molar-refractivity contribution in [1.29, 1.82) is 0 Å². The maximum Gasteiger partial charge on any atom is 0.244 e. The summed E-state index contributed by atoms with van der Waals surface area (Å²) in [6.45, 7) is 6.57. The Hall–Kier alpha value is -2.63. The van der Waals surface area contributed by atoms with Gasteiger partial charge in [0.15, 0.2) is 0 Å². The molecule has 132 valence electrons. The summed E-state index contributed by atoms with van der Waals surface area (Å²) in [5.74, 6) is 0.892. The molecule has 1 fully saturated rings. The molecule has 3 heterocycles. The molecule has 0 aliphatic carbocycles. The van der Waals surface area contributed by atoms with Gasteiger partial charge in [-0.1, -0.05) is 0 Å². The summed E-state index contributed by atoms with van der Waals surface area (Å²) < 4.78 is 1.82. The van der Waals surface area contributed by atoms with Gasteiger partial charge in [-0.2, -0.15) is 5.10 Å². The van der Waals surface area contributed by atoms with Gasteiger partial charge in [-0.3, -0.25) is 9.48 Å². The third kappa shape index (κ3) is 4.07. The summed E-state index contributed by atoms with van der Waals surface area (Å²) in [5.41, 5.74) is 4.03. The number of rotatable bonds is 5. The van der Waals surface area contributed by atoms with Gasteiger partial charge in [0.2, 0.25) is 5.91 Å². The number of nitrogens with one attached hydrogen (secondary N) is 1. The van der Waals surface area contributed by atoms with E-state index in [1.165, 1.54) is 12.8 Å². The number of aryl methyl sites for hydroxylation is 2. The Bertz CT molecular complexity index is 787. The van der Waals surface area contributed by atoms with Crippen molar-refractivity contribution in [3.8, 4) is 0 Å². The minimum atomic E-state index is -0.109. The number of pyridine rings is 1. The molecule has 0 bridgehead atoms. The van der Waals surface area contributed by atoms with E-state index in [-0.39, 0.29) is 5.91 Å². The van der Waals surface area contributed by atoms with Crippen molar-refractivity contribution in [1.82, 2.24) is 20.1 Å². The summed E-state index contributed by atoms with van der Waals surface area (Å²) >= 11 is 0. The monoisotopic (exact) mass is 339 g/mol. The number of hydrogen-bond acceptors (Lipinski definition) is 4. The van der Waals surface area contributed by atoms with Crippen LogP contribution in [0.25, 0.3) is 6.08 Å². The highest BCUT2D eigenvalue weighted by molar-refractivity contribution is 5.91. The molecule has 2 aromatic rings.